The van der Waals surface area contributed by atoms with E-state index in [9.17, 15) is 0 Å². The molecule has 2 aromatic heterocycles. The fourth-order valence-corrected chi connectivity index (χ4v) is 2.37. The lowest BCUT2D eigenvalue weighted by Gasteiger charge is -1.95. The molecule has 0 radical (unpaired) electrons. The van der Waals surface area contributed by atoms with Gasteiger partial charge in [-0.15, -0.1) is 0 Å². The smallest absolute Gasteiger partial charge is 0.238 e. The van der Waals surface area contributed by atoms with Gasteiger partial charge in [-0.05, 0) is 5.41 Å². The molecule has 2 unspecified atom stereocenters. The molecule has 1 aliphatic rings. The van der Waals surface area contributed by atoms with E-state index >= 15 is 0 Å². The second kappa shape index (κ2) is 3.42. The molecule has 0 aliphatic heterocycles. The first kappa shape index (κ1) is 11.0. The number of nitriles is 1. The third-order valence-corrected chi connectivity index (χ3v) is 3.70. The van der Waals surface area contributed by atoms with Crippen LogP contribution in [0.1, 0.15) is 25.7 Å². The molecule has 0 saturated heterocycles. The Morgan fingerprint density at radius 3 is 2.83 bits per heavy atom. The van der Waals surface area contributed by atoms with Crippen LogP contribution in [-0.2, 0) is 7.05 Å². The van der Waals surface area contributed by atoms with Crippen molar-refractivity contribution in [2.24, 2.45) is 18.4 Å². The lowest BCUT2D eigenvalue weighted by atomic mass is 10.1. The molecule has 3 rings (SSSR count). The molecule has 1 aliphatic carbocycles. The van der Waals surface area contributed by atoms with Crippen LogP contribution in [-0.4, -0.2) is 19.7 Å². The molecule has 6 nitrogen and oxygen atoms in total. The van der Waals surface area contributed by atoms with E-state index in [1.165, 1.54) is 0 Å². The summed E-state index contributed by atoms with van der Waals surface area (Å²) in [5, 5.41) is 13.0. The molecule has 0 spiro atoms. The topological polar surface area (TPSA) is 80.5 Å². The predicted molar refractivity (Wildman–Crippen MR) is 62.1 cm³/mol. The van der Waals surface area contributed by atoms with E-state index in [4.69, 9.17) is 9.78 Å². The molecule has 18 heavy (non-hydrogen) atoms. The second-order valence-corrected chi connectivity index (χ2v) is 5.22. The van der Waals surface area contributed by atoms with Crippen LogP contribution in [0.3, 0.4) is 0 Å². The Bertz CT molecular complexity index is 633. The lowest BCUT2D eigenvalue weighted by Crippen LogP contribution is -1.94. The van der Waals surface area contributed by atoms with Crippen molar-refractivity contribution in [3.8, 4) is 17.7 Å². The van der Waals surface area contributed by atoms with Crippen molar-refractivity contribution >= 4 is 0 Å². The maximum atomic E-state index is 9.05. The number of aromatic nitrogens is 4. The highest BCUT2D eigenvalue weighted by atomic mass is 16.5. The number of hydrogen-bond donors (Lipinski definition) is 0. The van der Waals surface area contributed by atoms with Gasteiger partial charge in [-0.25, -0.2) is 4.98 Å². The van der Waals surface area contributed by atoms with Gasteiger partial charge in [-0.2, -0.15) is 10.2 Å². The fourth-order valence-electron chi connectivity index (χ4n) is 2.37. The lowest BCUT2D eigenvalue weighted by molar-refractivity contribution is 0.367. The van der Waals surface area contributed by atoms with Gasteiger partial charge in [-0.3, -0.25) is 0 Å². The third kappa shape index (κ3) is 1.37. The Hall–Kier alpha value is -2.16. The van der Waals surface area contributed by atoms with Crippen LogP contribution >= 0.6 is 0 Å². The van der Waals surface area contributed by atoms with E-state index in [2.05, 4.69) is 21.2 Å². The molecule has 0 bridgehead atoms. The Morgan fingerprint density at radius 2 is 2.28 bits per heavy atom. The Balaban J connectivity index is 1.93. The van der Waals surface area contributed by atoms with E-state index < -0.39 is 0 Å². The van der Waals surface area contributed by atoms with E-state index in [1.807, 2.05) is 31.7 Å². The van der Waals surface area contributed by atoms with Gasteiger partial charge in [0.15, 0.2) is 5.82 Å². The van der Waals surface area contributed by atoms with Gasteiger partial charge in [-0.1, -0.05) is 19.0 Å². The van der Waals surface area contributed by atoms with Gasteiger partial charge in [0.1, 0.15) is 0 Å². The van der Waals surface area contributed by atoms with E-state index in [0.29, 0.717) is 17.5 Å². The molecule has 2 heterocycles. The van der Waals surface area contributed by atoms with Crippen LogP contribution in [0.2, 0.25) is 0 Å². The van der Waals surface area contributed by atoms with Gasteiger partial charge in [0.05, 0.1) is 17.9 Å². The van der Waals surface area contributed by atoms with Gasteiger partial charge in [0.2, 0.25) is 11.7 Å². The molecule has 6 heteroatoms. The predicted octanol–water partition coefficient (Wildman–Crippen LogP) is 1.73. The zero-order chi connectivity index (χ0) is 12.9. The summed E-state index contributed by atoms with van der Waals surface area (Å²) in [7, 11) is 1.87. The minimum Gasteiger partial charge on any atom is -0.338 e. The largest absolute Gasteiger partial charge is 0.338 e. The quantitative estimate of drug-likeness (QED) is 0.802. The molecule has 2 aromatic rings. The summed E-state index contributed by atoms with van der Waals surface area (Å²) < 4.78 is 7.10. The van der Waals surface area contributed by atoms with Crippen LogP contribution in [0.4, 0.5) is 0 Å². The Kier molecular flexibility index (Phi) is 2.08. The minimum atomic E-state index is -0.0831. The molecule has 1 fully saturated rings. The maximum absolute atomic E-state index is 9.05. The molecular weight excluding hydrogens is 230 g/mol. The molecule has 92 valence electrons. The number of aryl methyl sites for hydroxylation is 1. The van der Waals surface area contributed by atoms with Crippen LogP contribution in [0, 0.1) is 22.7 Å². The summed E-state index contributed by atoms with van der Waals surface area (Å²) in [5.74, 6) is 1.65. The Morgan fingerprint density at radius 1 is 1.50 bits per heavy atom. The zero-order valence-corrected chi connectivity index (χ0v) is 10.5. The minimum absolute atomic E-state index is 0.0315. The highest BCUT2D eigenvalue weighted by Gasteiger charge is 2.62. The number of imidazole rings is 1. The van der Waals surface area contributed by atoms with Crippen LogP contribution in [0.15, 0.2) is 16.9 Å². The first-order chi connectivity index (χ1) is 8.55. The Labute approximate surface area is 104 Å². The number of hydrogen-bond acceptors (Lipinski definition) is 5. The van der Waals surface area contributed by atoms with E-state index in [-0.39, 0.29) is 17.3 Å². The first-order valence-corrected chi connectivity index (χ1v) is 5.76. The SMILES string of the molecule is Cn1ccnc1-c1noc(C2C(C#N)C2(C)C)n1. The average molecular weight is 243 g/mol. The molecule has 0 amide bonds. The highest BCUT2D eigenvalue weighted by molar-refractivity contribution is 5.43. The maximum Gasteiger partial charge on any atom is 0.238 e. The van der Waals surface area contributed by atoms with Crippen molar-refractivity contribution in [2.75, 3.05) is 0 Å². The highest BCUT2D eigenvalue weighted by Crippen LogP contribution is 2.63. The summed E-state index contributed by atoms with van der Waals surface area (Å²) in [6.45, 7) is 4.08. The van der Waals surface area contributed by atoms with Crippen molar-refractivity contribution in [1.82, 2.24) is 19.7 Å². The first-order valence-electron chi connectivity index (χ1n) is 5.76. The summed E-state index contributed by atoms with van der Waals surface area (Å²) in [4.78, 5) is 8.52. The molecule has 1 saturated carbocycles. The van der Waals surface area contributed by atoms with Crippen LogP contribution in [0.25, 0.3) is 11.6 Å². The van der Waals surface area contributed by atoms with Crippen molar-refractivity contribution in [2.45, 2.75) is 19.8 Å². The molecular formula is C12H13N5O. The molecule has 0 N–H and O–H groups in total. The summed E-state index contributed by atoms with van der Waals surface area (Å²) in [5.41, 5.74) is -0.0831. The van der Waals surface area contributed by atoms with E-state index in [0.717, 1.165) is 0 Å². The second-order valence-electron chi connectivity index (χ2n) is 5.22. The monoisotopic (exact) mass is 243 g/mol. The van der Waals surface area contributed by atoms with Crippen LogP contribution in [0.5, 0.6) is 0 Å². The third-order valence-electron chi connectivity index (χ3n) is 3.70. The molecule has 0 aromatic carbocycles. The number of nitrogens with zero attached hydrogens (tertiary/aromatic N) is 5. The fraction of sp³-hybridized carbons (Fsp3) is 0.500. The van der Waals surface area contributed by atoms with Crippen molar-refractivity contribution in [3.05, 3.63) is 18.3 Å². The van der Waals surface area contributed by atoms with Crippen molar-refractivity contribution in [3.63, 3.8) is 0 Å². The zero-order valence-electron chi connectivity index (χ0n) is 10.5. The van der Waals surface area contributed by atoms with Gasteiger partial charge >= 0.3 is 0 Å². The summed E-state index contributed by atoms with van der Waals surface area (Å²) in [6.07, 6.45) is 3.51. The standard InChI is InChI=1S/C12H13N5O/c1-12(2)7(6-13)8(12)11-15-9(16-18-11)10-14-4-5-17(10)3/h4-5,7-8H,1-3H3. The number of rotatable bonds is 2. The van der Waals surface area contributed by atoms with Crippen LogP contribution < -0.4 is 0 Å². The summed E-state index contributed by atoms with van der Waals surface area (Å²) in [6, 6.07) is 2.28. The normalized spacial score (nSPS) is 24.8. The van der Waals surface area contributed by atoms with Gasteiger partial charge in [0.25, 0.3) is 0 Å². The van der Waals surface area contributed by atoms with Gasteiger partial charge < -0.3 is 9.09 Å². The van der Waals surface area contributed by atoms with E-state index in [1.54, 1.807) is 6.20 Å². The molecule has 2 atom stereocenters. The van der Waals surface area contributed by atoms with Crippen molar-refractivity contribution < 1.29 is 4.52 Å². The van der Waals surface area contributed by atoms with Gasteiger partial charge in [0, 0.05) is 19.4 Å². The van der Waals surface area contributed by atoms with Crippen molar-refractivity contribution in [1.29, 1.82) is 5.26 Å². The average Bonchev–Trinajstić information content (AvgIpc) is 2.76. The summed E-state index contributed by atoms with van der Waals surface area (Å²) >= 11 is 0.